The van der Waals surface area contributed by atoms with Gasteiger partial charge in [0.2, 0.25) is 5.95 Å². The zero-order valence-corrected chi connectivity index (χ0v) is 19.7. The third kappa shape index (κ3) is 4.61. The maximum atomic E-state index is 10.1. The van der Waals surface area contributed by atoms with Crippen molar-refractivity contribution in [3.63, 3.8) is 0 Å². The number of nitrogens with one attached hydrogen (secondary N) is 1. The number of rotatable bonds is 7. The minimum Gasteiger partial charge on any atom is -0.393 e. The first-order valence-corrected chi connectivity index (χ1v) is 12.8. The van der Waals surface area contributed by atoms with E-state index in [0.29, 0.717) is 11.9 Å². The van der Waals surface area contributed by atoms with Crippen LogP contribution >= 0.6 is 0 Å². The Labute approximate surface area is 200 Å². The molecule has 180 valence electrons. The molecule has 8 nitrogen and oxygen atoms in total. The zero-order valence-electron chi connectivity index (χ0n) is 19.7. The first kappa shape index (κ1) is 21.8. The lowest BCUT2D eigenvalue weighted by atomic mass is 9.85. The summed E-state index contributed by atoms with van der Waals surface area (Å²) in [5.74, 6) is 2.95. The largest absolute Gasteiger partial charge is 0.393 e. The van der Waals surface area contributed by atoms with Crippen LogP contribution in [0.4, 0.5) is 11.8 Å². The van der Waals surface area contributed by atoms with E-state index in [0.717, 1.165) is 86.9 Å². The van der Waals surface area contributed by atoms with Crippen LogP contribution in [0.1, 0.15) is 56.6 Å². The van der Waals surface area contributed by atoms with E-state index in [9.17, 15) is 5.11 Å². The Hall–Kier alpha value is -2.71. The molecular formula is C26H34N6O2. The number of aliphatic hydroxyl groups is 1. The maximum absolute atomic E-state index is 10.1. The van der Waals surface area contributed by atoms with Crippen molar-refractivity contribution in [3.05, 3.63) is 36.3 Å². The Kier molecular flexibility index (Phi) is 6.09. The first-order chi connectivity index (χ1) is 16.7. The fraction of sp³-hybridized carbons (Fsp3) is 0.577. The average Bonchev–Trinajstić information content (AvgIpc) is 3.63. The molecule has 3 aromatic rings. The highest BCUT2D eigenvalue weighted by molar-refractivity contribution is 5.82. The molecule has 0 spiro atoms. The van der Waals surface area contributed by atoms with Crippen LogP contribution in [0.2, 0.25) is 0 Å². The second kappa shape index (κ2) is 9.50. The van der Waals surface area contributed by atoms with Gasteiger partial charge in [-0.1, -0.05) is 12.8 Å². The summed E-state index contributed by atoms with van der Waals surface area (Å²) >= 11 is 0. The third-order valence-electron chi connectivity index (χ3n) is 7.58. The van der Waals surface area contributed by atoms with Gasteiger partial charge in [-0.15, -0.1) is 5.10 Å². The lowest BCUT2D eigenvalue weighted by Gasteiger charge is -2.28. The first-order valence-electron chi connectivity index (χ1n) is 12.8. The van der Waals surface area contributed by atoms with Crippen molar-refractivity contribution in [2.24, 2.45) is 5.92 Å². The molecule has 0 radical (unpaired) electrons. The summed E-state index contributed by atoms with van der Waals surface area (Å²) in [5.41, 5.74) is 4.51. The van der Waals surface area contributed by atoms with Crippen LogP contribution in [-0.4, -0.2) is 63.6 Å². The van der Waals surface area contributed by atoms with Gasteiger partial charge < -0.3 is 20.1 Å². The van der Waals surface area contributed by atoms with Gasteiger partial charge in [-0.05, 0) is 61.8 Å². The van der Waals surface area contributed by atoms with Crippen LogP contribution in [-0.2, 0) is 4.74 Å². The van der Waals surface area contributed by atoms with Crippen molar-refractivity contribution in [1.29, 1.82) is 0 Å². The minimum atomic E-state index is -0.174. The quantitative estimate of drug-likeness (QED) is 0.551. The smallest absolute Gasteiger partial charge is 0.241 e. The molecule has 6 rings (SSSR count). The van der Waals surface area contributed by atoms with Gasteiger partial charge in [0.25, 0.3) is 0 Å². The Bertz CT molecular complexity index is 1130. The number of fused-ring (bicyclic) bond motifs is 1. The summed E-state index contributed by atoms with van der Waals surface area (Å²) < 4.78 is 7.61. The standard InChI is InChI=1S/C26H34N6O2/c33-21-5-3-19(4-6-21)23-16-22(20-8-10-27-25(15-20)31-11-13-34-14-12-31)24-17-29-26(30-32(23)24)28-9-7-18-1-2-18/h8,10,15-19,21,33H,1-7,9,11-14H2,(H,28,30)/t19-,21-. The van der Waals surface area contributed by atoms with Crippen LogP contribution in [0.3, 0.4) is 0 Å². The van der Waals surface area contributed by atoms with Gasteiger partial charge in [-0.25, -0.2) is 14.5 Å². The molecular weight excluding hydrogens is 428 g/mol. The van der Waals surface area contributed by atoms with Crippen molar-refractivity contribution in [2.45, 2.75) is 57.0 Å². The zero-order chi connectivity index (χ0) is 22.9. The van der Waals surface area contributed by atoms with Crippen molar-refractivity contribution in [1.82, 2.24) is 19.6 Å². The van der Waals surface area contributed by atoms with Crippen LogP contribution < -0.4 is 10.2 Å². The number of morpholine rings is 1. The number of pyridine rings is 1. The summed E-state index contributed by atoms with van der Waals surface area (Å²) in [5, 5.41) is 18.4. The van der Waals surface area contributed by atoms with Gasteiger partial charge in [-0.3, -0.25) is 0 Å². The van der Waals surface area contributed by atoms with Gasteiger partial charge >= 0.3 is 0 Å². The van der Waals surface area contributed by atoms with Gasteiger partial charge in [0.1, 0.15) is 5.82 Å². The normalized spacial score (nSPS) is 23.4. The summed E-state index contributed by atoms with van der Waals surface area (Å²) in [6, 6.07) is 6.55. The minimum absolute atomic E-state index is 0.174. The molecule has 2 saturated carbocycles. The van der Waals surface area contributed by atoms with Crippen LogP contribution in [0.5, 0.6) is 0 Å². The Morgan fingerprint density at radius 2 is 1.85 bits per heavy atom. The van der Waals surface area contributed by atoms with Gasteiger partial charge in [0, 0.05) is 43.0 Å². The molecule has 4 heterocycles. The molecule has 3 fully saturated rings. The number of aromatic nitrogens is 4. The van der Waals surface area contributed by atoms with E-state index in [-0.39, 0.29) is 6.10 Å². The monoisotopic (exact) mass is 462 g/mol. The number of nitrogens with zero attached hydrogens (tertiary/aromatic N) is 5. The lowest BCUT2D eigenvalue weighted by Crippen LogP contribution is -2.36. The topological polar surface area (TPSA) is 87.8 Å². The van der Waals surface area contributed by atoms with E-state index in [1.54, 1.807) is 0 Å². The highest BCUT2D eigenvalue weighted by Gasteiger charge is 2.26. The second-order valence-electron chi connectivity index (χ2n) is 10.0. The maximum Gasteiger partial charge on any atom is 0.241 e. The highest BCUT2D eigenvalue weighted by atomic mass is 16.5. The summed E-state index contributed by atoms with van der Waals surface area (Å²) in [6.07, 6.45) is 11.2. The molecule has 1 saturated heterocycles. The number of ether oxygens (including phenoxy) is 1. The summed E-state index contributed by atoms with van der Waals surface area (Å²) in [6.45, 7) is 4.12. The van der Waals surface area contributed by atoms with E-state index in [2.05, 4.69) is 42.9 Å². The Balaban J connectivity index is 1.35. The number of hydrogen-bond acceptors (Lipinski definition) is 7. The van der Waals surface area contributed by atoms with E-state index in [1.165, 1.54) is 25.0 Å². The molecule has 1 aliphatic heterocycles. The molecule has 0 unspecified atom stereocenters. The summed E-state index contributed by atoms with van der Waals surface area (Å²) in [4.78, 5) is 11.6. The number of anilines is 2. The highest BCUT2D eigenvalue weighted by Crippen LogP contribution is 2.38. The molecule has 0 aromatic carbocycles. The Morgan fingerprint density at radius 3 is 2.65 bits per heavy atom. The SMILES string of the molecule is O[C@H]1CC[C@H](c2cc(-c3ccnc(N4CCOCC4)c3)c3cnc(NCCC4CC4)nn32)CC1. The van der Waals surface area contributed by atoms with Crippen molar-refractivity contribution >= 4 is 17.3 Å². The van der Waals surface area contributed by atoms with Crippen molar-refractivity contribution in [2.75, 3.05) is 43.1 Å². The van der Waals surface area contributed by atoms with Gasteiger partial charge in [0.15, 0.2) is 0 Å². The van der Waals surface area contributed by atoms with Crippen LogP contribution in [0.15, 0.2) is 30.6 Å². The molecule has 2 N–H and O–H groups in total. The fourth-order valence-electron chi connectivity index (χ4n) is 5.34. The van der Waals surface area contributed by atoms with Gasteiger partial charge in [0.05, 0.1) is 31.0 Å². The fourth-order valence-corrected chi connectivity index (χ4v) is 5.34. The molecule has 0 atom stereocenters. The van der Waals surface area contributed by atoms with E-state index in [4.69, 9.17) is 9.84 Å². The molecule has 0 amide bonds. The molecule has 34 heavy (non-hydrogen) atoms. The van der Waals surface area contributed by atoms with Crippen LogP contribution in [0.25, 0.3) is 16.6 Å². The molecule has 3 aliphatic rings. The molecule has 8 heteroatoms. The predicted octanol–water partition coefficient (Wildman–Crippen LogP) is 3.86. The molecule has 3 aromatic heterocycles. The van der Waals surface area contributed by atoms with E-state index >= 15 is 0 Å². The number of hydrogen-bond donors (Lipinski definition) is 2. The average molecular weight is 463 g/mol. The summed E-state index contributed by atoms with van der Waals surface area (Å²) in [7, 11) is 0. The molecule has 0 bridgehead atoms. The van der Waals surface area contributed by atoms with Crippen molar-refractivity contribution < 1.29 is 9.84 Å². The van der Waals surface area contributed by atoms with E-state index in [1.807, 2.05) is 12.4 Å². The Morgan fingerprint density at radius 1 is 1.03 bits per heavy atom. The second-order valence-corrected chi connectivity index (χ2v) is 10.0. The third-order valence-corrected chi connectivity index (χ3v) is 7.58. The van der Waals surface area contributed by atoms with E-state index < -0.39 is 0 Å². The molecule has 2 aliphatic carbocycles. The van der Waals surface area contributed by atoms with Crippen LogP contribution in [0, 0.1) is 5.92 Å². The lowest BCUT2D eigenvalue weighted by molar-refractivity contribution is 0.121. The van der Waals surface area contributed by atoms with Crippen molar-refractivity contribution in [3.8, 4) is 11.1 Å². The number of aliphatic hydroxyl groups excluding tert-OH is 1. The predicted molar refractivity (Wildman–Crippen MR) is 132 cm³/mol. The van der Waals surface area contributed by atoms with Gasteiger partial charge in [-0.2, -0.15) is 0 Å².